The first-order valence-corrected chi connectivity index (χ1v) is 8.94. The van der Waals surface area contributed by atoms with Gasteiger partial charge in [-0.2, -0.15) is 0 Å². The van der Waals surface area contributed by atoms with Crippen LogP contribution in [0.5, 0.6) is 5.88 Å². The molecule has 3 aromatic rings. The van der Waals surface area contributed by atoms with Crippen molar-refractivity contribution in [1.82, 2.24) is 4.57 Å². The Balaban J connectivity index is 2.00. The number of nitro benzene ring substituents is 1. The molecule has 28 heavy (non-hydrogen) atoms. The highest BCUT2D eigenvalue weighted by molar-refractivity contribution is 5.97. The van der Waals surface area contributed by atoms with Gasteiger partial charge in [0.25, 0.3) is 11.6 Å². The molecule has 1 heterocycles. The first kappa shape index (κ1) is 19.2. The Labute approximate surface area is 161 Å². The summed E-state index contributed by atoms with van der Waals surface area (Å²) in [7, 11) is 0. The number of aromatic hydroxyl groups is 1. The molecule has 8 heteroatoms. The zero-order chi connectivity index (χ0) is 20.3. The van der Waals surface area contributed by atoms with Gasteiger partial charge in [-0.05, 0) is 31.5 Å². The number of hydrogen-bond donors (Lipinski definition) is 1. The molecular formula is C20H20N4O4. The number of nitrogens with zero attached hydrogens (tertiary/aromatic N) is 4. The van der Waals surface area contributed by atoms with Gasteiger partial charge in [-0.15, -0.1) is 10.2 Å². The quantitative estimate of drug-likeness (QED) is 0.356. The summed E-state index contributed by atoms with van der Waals surface area (Å²) >= 11 is 0. The number of nitro groups is 1. The van der Waals surface area contributed by atoms with Crippen molar-refractivity contribution in [2.45, 2.75) is 33.2 Å². The standard InChI is InChI=1S/C20H20N4O4/c1-3-4-10-23-17-9-8-13(2)11-16(17)18(20(23)26)21-22-19(25)14-6-5-7-15(12-14)24(27)28/h5-9,11-12,26H,3-4,10H2,1-2H3. The summed E-state index contributed by atoms with van der Waals surface area (Å²) in [5, 5.41) is 29.9. The fourth-order valence-corrected chi connectivity index (χ4v) is 2.98. The Morgan fingerprint density at radius 2 is 2.04 bits per heavy atom. The Bertz CT molecular complexity index is 1090. The summed E-state index contributed by atoms with van der Waals surface area (Å²) in [5.74, 6) is -0.769. The molecule has 0 saturated carbocycles. The van der Waals surface area contributed by atoms with Gasteiger partial charge in [0.2, 0.25) is 5.88 Å². The fraction of sp³-hybridized carbons (Fsp3) is 0.250. The van der Waals surface area contributed by atoms with Crippen LogP contribution in [0.15, 0.2) is 52.7 Å². The molecule has 0 bridgehead atoms. The minimum Gasteiger partial charge on any atom is -0.493 e. The molecule has 8 nitrogen and oxygen atoms in total. The lowest BCUT2D eigenvalue weighted by Gasteiger charge is -2.05. The summed E-state index contributed by atoms with van der Waals surface area (Å²) in [6.45, 7) is 4.61. The molecule has 0 aliphatic heterocycles. The number of benzene rings is 2. The fourth-order valence-electron chi connectivity index (χ4n) is 2.98. The summed E-state index contributed by atoms with van der Waals surface area (Å²) in [6, 6.07) is 11.0. The molecule has 0 aliphatic rings. The number of unbranched alkanes of at least 4 members (excludes halogenated alkanes) is 1. The maximum atomic E-state index is 12.3. The van der Waals surface area contributed by atoms with Gasteiger partial charge in [0.05, 0.1) is 16.0 Å². The van der Waals surface area contributed by atoms with E-state index in [2.05, 4.69) is 17.2 Å². The number of carbonyl (C=O) groups is 1. The van der Waals surface area contributed by atoms with Crippen molar-refractivity contribution >= 4 is 28.2 Å². The van der Waals surface area contributed by atoms with Crippen molar-refractivity contribution in [2.75, 3.05) is 0 Å². The van der Waals surface area contributed by atoms with Crippen molar-refractivity contribution in [1.29, 1.82) is 0 Å². The van der Waals surface area contributed by atoms with Crippen LogP contribution in [0.2, 0.25) is 0 Å². The van der Waals surface area contributed by atoms with Gasteiger partial charge in [0.1, 0.15) is 0 Å². The summed E-state index contributed by atoms with van der Waals surface area (Å²) in [5.41, 5.74) is 1.88. The molecule has 1 aromatic heterocycles. The Morgan fingerprint density at radius 3 is 2.75 bits per heavy atom. The summed E-state index contributed by atoms with van der Waals surface area (Å²) < 4.78 is 1.75. The lowest BCUT2D eigenvalue weighted by molar-refractivity contribution is -0.384. The van der Waals surface area contributed by atoms with Gasteiger partial charge in [-0.3, -0.25) is 14.9 Å². The number of azo groups is 1. The van der Waals surface area contributed by atoms with Crippen molar-refractivity contribution in [2.24, 2.45) is 10.2 Å². The van der Waals surface area contributed by atoms with Gasteiger partial charge >= 0.3 is 0 Å². The third-order valence-electron chi connectivity index (χ3n) is 4.45. The first-order chi connectivity index (χ1) is 13.4. The van der Waals surface area contributed by atoms with Gasteiger partial charge in [0, 0.05) is 24.1 Å². The van der Waals surface area contributed by atoms with Crippen LogP contribution in [0.25, 0.3) is 10.9 Å². The molecule has 0 radical (unpaired) electrons. The molecule has 2 aromatic carbocycles. The van der Waals surface area contributed by atoms with Crippen LogP contribution < -0.4 is 0 Å². The maximum Gasteiger partial charge on any atom is 0.295 e. The number of aromatic nitrogens is 1. The molecule has 0 unspecified atom stereocenters. The molecule has 0 saturated heterocycles. The maximum absolute atomic E-state index is 12.3. The van der Waals surface area contributed by atoms with Crippen LogP contribution in [0.1, 0.15) is 35.7 Å². The molecule has 1 amide bonds. The highest BCUT2D eigenvalue weighted by Crippen LogP contribution is 2.39. The zero-order valence-corrected chi connectivity index (χ0v) is 15.6. The summed E-state index contributed by atoms with van der Waals surface area (Å²) in [6.07, 6.45) is 1.85. The molecule has 0 fully saturated rings. The third-order valence-corrected chi connectivity index (χ3v) is 4.45. The third kappa shape index (κ3) is 3.75. The largest absolute Gasteiger partial charge is 0.493 e. The smallest absolute Gasteiger partial charge is 0.295 e. The SMILES string of the molecule is CCCCn1c(O)c(N=NC(=O)c2cccc([N+](=O)[O-])c2)c2cc(C)ccc21. The second kappa shape index (κ2) is 7.99. The van der Waals surface area contributed by atoms with Crippen molar-refractivity contribution in [3.8, 4) is 5.88 Å². The highest BCUT2D eigenvalue weighted by atomic mass is 16.6. The second-order valence-corrected chi connectivity index (χ2v) is 6.51. The van der Waals surface area contributed by atoms with Crippen LogP contribution >= 0.6 is 0 Å². The minimum atomic E-state index is -0.717. The molecule has 0 spiro atoms. The van der Waals surface area contributed by atoms with E-state index in [9.17, 15) is 20.0 Å². The molecule has 0 atom stereocenters. The number of hydrogen-bond acceptors (Lipinski definition) is 5. The molecule has 144 valence electrons. The van der Waals surface area contributed by atoms with E-state index in [1.54, 1.807) is 4.57 Å². The Kier molecular flexibility index (Phi) is 5.49. The average Bonchev–Trinajstić information content (AvgIpc) is 2.94. The highest BCUT2D eigenvalue weighted by Gasteiger charge is 2.17. The van der Waals surface area contributed by atoms with E-state index in [1.165, 1.54) is 18.2 Å². The van der Waals surface area contributed by atoms with Gasteiger partial charge < -0.3 is 9.67 Å². The number of amides is 1. The van der Waals surface area contributed by atoms with Crippen molar-refractivity contribution in [3.05, 3.63) is 63.7 Å². The average molecular weight is 380 g/mol. The van der Waals surface area contributed by atoms with Crippen LogP contribution in [-0.2, 0) is 6.54 Å². The molecule has 0 aliphatic carbocycles. The minimum absolute atomic E-state index is 0.0513. The first-order valence-electron chi connectivity index (χ1n) is 8.94. The van der Waals surface area contributed by atoms with Gasteiger partial charge in [-0.25, -0.2) is 0 Å². The van der Waals surface area contributed by atoms with Crippen LogP contribution in [0.3, 0.4) is 0 Å². The second-order valence-electron chi connectivity index (χ2n) is 6.51. The normalized spacial score (nSPS) is 11.4. The monoisotopic (exact) mass is 380 g/mol. The van der Waals surface area contributed by atoms with Gasteiger partial charge in [0.15, 0.2) is 5.69 Å². The van der Waals surface area contributed by atoms with E-state index < -0.39 is 10.8 Å². The van der Waals surface area contributed by atoms with Gasteiger partial charge in [-0.1, -0.05) is 31.0 Å². The lowest BCUT2D eigenvalue weighted by Crippen LogP contribution is -1.96. The van der Waals surface area contributed by atoms with Crippen molar-refractivity contribution in [3.63, 3.8) is 0 Å². The summed E-state index contributed by atoms with van der Waals surface area (Å²) in [4.78, 5) is 22.6. The van der Waals surface area contributed by atoms with Crippen LogP contribution in [-0.4, -0.2) is 20.5 Å². The van der Waals surface area contributed by atoms with E-state index in [0.717, 1.165) is 30.0 Å². The number of carbonyl (C=O) groups excluding carboxylic acids is 1. The molecule has 1 N–H and O–H groups in total. The lowest BCUT2D eigenvalue weighted by atomic mass is 10.1. The topological polar surface area (TPSA) is 110 Å². The Hall–Kier alpha value is -3.55. The van der Waals surface area contributed by atoms with E-state index >= 15 is 0 Å². The Morgan fingerprint density at radius 1 is 1.25 bits per heavy atom. The number of non-ortho nitro benzene ring substituents is 1. The van der Waals surface area contributed by atoms with Crippen LogP contribution in [0.4, 0.5) is 11.4 Å². The van der Waals surface area contributed by atoms with Crippen LogP contribution in [0, 0.1) is 17.0 Å². The predicted molar refractivity (Wildman–Crippen MR) is 105 cm³/mol. The van der Waals surface area contributed by atoms with E-state index in [1.807, 2.05) is 25.1 Å². The molecule has 3 rings (SSSR count). The van der Waals surface area contributed by atoms with E-state index in [-0.39, 0.29) is 22.8 Å². The predicted octanol–water partition coefficient (Wildman–Crippen LogP) is 5.29. The number of rotatable bonds is 6. The number of aryl methyl sites for hydroxylation is 2. The molecular weight excluding hydrogens is 360 g/mol. The van der Waals surface area contributed by atoms with Crippen molar-refractivity contribution < 1.29 is 14.8 Å². The van der Waals surface area contributed by atoms with E-state index in [4.69, 9.17) is 0 Å². The number of fused-ring (bicyclic) bond motifs is 1. The zero-order valence-electron chi connectivity index (χ0n) is 15.6. The van der Waals surface area contributed by atoms with E-state index in [0.29, 0.717) is 11.9 Å².